The summed E-state index contributed by atoms with van der Waals surface area (Å²) in [7, 11) is 0. The lowest BCUT2D eigenvalue weighted by atomic mass is 10.2. The molecule has 1 unspecified atom stereocenters. The van der Waals surface area contributed by atoms with Gasteiger partial charge in [0.2, 0.25) is 5.95 Å². The van der Waals surface area contributed by atoms with Crippen LogP contribution in [0.4, 0.5) is 32.5 Å². The van der Waals surface area contributed by atoms with Crippen molar-refractivity contribution in [2.75, 3.05) is 53.6 Å². The van der Waals surface area contributed by atoms with Gasteiger partial charge in [-0.15, -0.1) is 11.3 Å². The molecule has 2 aliphatic rings. The molecule has 174 valence electrons. The number of urea groups is 1. The van der Waals surface area contributed by atoms with Crippen molar-refractivity contribution in [3.05, 3.63) is 23.3 Å². The summed E-state index contributed by atoms with van der Waals surface area (Å²) in [4.78, 5) is 37.2. The van der Waals surface area contributed by atoms with E-state index < -0.39 is 6.17 Å². The summed E-state index contributed by atoms with van der Waals surface area (Å²) in [5.41, 5.74) is 9.73. The van der Waals surface area contributed by atoms with Gasteiger partial charge in [-0.25, -0.2) is 24.1 Å². The molecule has 33 heavy (non-hydrogen) atoms. The van der Waals surface area contributed by atoms with E-state index in [-0.39, 0.29) is 18.0 Å². The number of piperazine rings is 1. The van der Waals surface area contributed by atoms with Crippen molar-refractivity contribution in [1.82, 2.24) is 24.8 Å². The Balaban J connectivity index is 1.25. The van der Waals surface area contributed by atoms with Gasteiger partial charge in [0, 0.05) is 32.2 Å². The van der Waals surface area contributed by atoms with Gasteiger partial charge in [0.1, 0.15) is 17.5 Å². The predicted molar refractivity (Wildman–Crippen MR) is 128 cm³/mol. The largest absolute Gasteiger partial charge is 0.368 e. The van der Waals surface area contributed by atoms with E-state index in [4.69, 9.17) is 5.73 Å². The number of aryl methyl sites for hydroxylation is 1. The highest BCUT2D eigenvalue weighted by atomic mass is 32.1. The number of fused-ring (bicyclic) bond motifs is 1. The summed E-state index contributed by atoms with van der Waals surface area (Å²) < 4.78 is 13.5. The highest BCUT2D eigenvalue weighted by Gasteiger charge is 2.30. The highest BCUT2D eigenvalue weighted by Crippen LogP contribution is 2.29. The van der Waals surface area contributed by atoms with Gasteiger partial charge >= 0.3 is 6.03 Å². The number of carbonyl (C=O) groups is 1. The van der Waals surface area contributed by atoms with Crippen LogP contribution in [0, 0.1) is 6.92 Å². The molecule has 0 bridgehead atoms. The maximum absolute atomic E-state index is 13.5. The number of nitrogens with one attached hydrogen (secondary N) is 1. The molecule has 3 aromatic rings. The zero-order valence-electron chi connectivity index (χ0n) is 18.5. The normalized spacial score (nSPS) is 21.1. The number of nitrogens with zero attached hydrogens (tertiary/aromatic N) is 7. The van der Waals surface area contributed by atoms with Crippen molar-refractivity contribution in [2.24, 2.45) is 0 Å². The summed E-state index contributed by atoms with van der Waals surface area (Å²) in [6.45, 7) is 6.58. The predicted octanol–water partition coefficient (Wildman–Crippen LogP) is 2.66. The van der Waals surface area contributed by atoms with Crippen LogP contribution in [0.2, 0.25) is 0 Å². The third kappa shape index (κ3) is 4.22. The fourth-order valence-corrected chi connectivity index (χ4v) is 5.06. The second-order valence-corrected chi connectivity index (χ2v) is 9.30. The summed E-state index contributed by atoms with van der Waals surface area (Å²) in [5.74, 6) is 1.67. The average Bonchev–Trinajstić information content (AvgIpc) is 3.43. The molecule has 0 spiro atoms. The van der Waals surface area contributed by atoms with E-state index in [1.807, 2.05) is 30.9 Å². The number of nitrogens with two attached hydrogens (primary N) is 1. The molecule has 2 fully saturated rings. The van der Waals surface area contributed by atoms with Crippen LogP contribution in [0.1, 0.15) is 19.0 Å². The van der Waals surface area contributed by atoms with Gasteiger partial charge in [0.15, 0.2) is 10.6 Å². The van der Waals surface area contributed by atoms with Crippen LogP contribution in [-0.4, -0.2) is 75.8 Å². The fourth-order valence-electron chi connectivity index (χ4n) is 4.40. The van der Waals surface area contributed by atoms with E-state index in [1.165, 1.54) is 11.3 Å². The second-order valence-electron chi connectivity index (χ2n) is 8.46. The van der Waals surface area contributed by atoms with Crippen molar-refractivity contribution >= 4 is 51.0 Å². The molecule has 3 N–H and O–H groups in total. The Labute approximate surface area is 194 Å². The van der Waals surface area contributed by atoms with Crippen LogP contribution in [0.15, 0.2) is 17.6 Å². The van der Waals surface area contributed by atoms with E-state index >= 15 is 0 Å². The van der Waals surface area contributed by atoms with Crippen molar-refractivity contribution < 1.29 is 9.18 Å². The summed E-state index contributed by atoms with van der Waals surface area (Å²) in [6.07, 6.45) is -0.281. The first-order valence-electron chi connectivity index (χ1n) is 10.9. The van der Waals surface area contributed by atoms with E-state index in [0.29, 0.717) is 56.3 Å². The number of halogens is 1. The number of alkyl halides is 1. The third-order valence-electron chi connectivity index (χ3n) is 6.15. The average molecular weight is 472 g/mol. The standard InChI is InChI=1S/C21H26FN9OS/c1-12-9-30(7-8-31(12)18-17-19(33-11-24-17)28-20(23)27-18)21(32)26-15-3-4-16(25-13(15)2)29-6-5-14(22)10-29/h3-4,11-12,14H,5-10H2,1-2H3,(H,26,32)(H2,23,27,28)/t12-,14?/m0/s1. The Morgan fingerprint density at radius 3 is 2.79 bits per heavy atom. The maximum Gasteiger partial charge on any atom is 0.322 e. The van der Waals surface area contributed by atoms with Crippen molar-refractivity contribution in [2.45, 2.75) is 32.5 Å². The molecular formula is C21H26FN9OS. The van der Waals surface area contributed by atoms with Gasteiger partial charge in [-0.3, -0.25) is 0 Å². The molecule has 12 heteroatoms. The molecular weight excluding hydrogens is 445 g/mol. The molecule has 5 rings (SSSR count). The Kier molecular flexibility index (Phi) is 5.60. The van der Waals surface area contributed by atoms with Gasteiger partial charge in [-0.2, -0.15) is 4.98 Å². The van der Waals surface area contributed by atoms with E-state index in [0.717, 1.165) is 16.2 Å². The van der Waals surface area contributed by atoms with E-state index in [1.54, 1.807) is 10.4 Å². The van der Waals surface area contributed by atoms with Crippen molar-refractivity contribution in [3.63, 3.8) is 0 Å². The van der Waals surface area contributed by atoms with Gasteiger partial charge in [-0.1, -0.05) is 0 Å². The van der Waals surface area contributed by atoms with Crippen LogP contribution >= 0.6 is 11.3 Å². The fraction of sp³-hybridized carbons (Fsp3) is 0.476. The molecule has 3 aromatic heterocycles. The minimum atomic E-state index is -0.808. The topological polar surface area (TPSA) is 116 Å². The lowest BCUT2D eigenvalue weighted by Gasteiger charge is -2.40. The number of pyridine rings is 1. The second kappa shape index (κ2) is 8.58. The quantitative estimate of drug-likeness (QED) is 0.599. The minimum Gasteiger partial charge on any atom is -0.368 e. The summed E-state index contributed by atoms with van der Waals surface area (Å²) in [5, 5.41) is 2.97. The van der Waals surface area contributed by atoms with Crippen LogP contribution in [-0.2, 0) is 0 Å². The highest BCUT2D eigenvalue weighted by molar-refractivity contribution is 7.16. The lowest BCUT2D eigenvalue weighted by molar-refractivity contribution is 0.200. The first-order valence-corrected chi connectivity index (χ1v) is 11.8. The lowest BCUT2D eigenvalue weighted by Crippen LogP contribution is -2.55. The first kappa shape index (κ1) is 21.6. The molecule has 2 atom stereocenters. The number of hydrogen-bond acceptors (Lipinski definition) is 9. The molecule has 2 aliphatic heterocycles. The Morgan fingerprint density at radius 2 is 2.06 bits per heavy atom. The molecule has 0 aliphatic carbocycles. The molecule has 0 radical (unpaired) electrons. The number of anilines is 4. The zero-order chi connectivity index (χ0) is 23.1. The van der Waals surface area contributed by atoms with Crippen molar-refractivity contribution in [3.8, 4) is 0 Å². The third-order valence-corrected chi connectivity index (χ3v) is 6.87. The summed E-state index contributed by atoms with van der Waals surface area (Å²) >= 11 is 1.43. The Bertz CT molecular complexity index is 1190. The molecule has 2 amide bonds. The number of hydrogen-bond donors (Lipinski definition) is 2. The van der Waals surface area contributed by atoms with E-state index in [9.17, 15) is 9.18 Å². The van der Waals surface area contributed by atoms with Gasteiger partial charge < -0.3 is 25.8 Å². The van der Waals surface area contributed by atoms with Crippen LogP contribution in [0.5, 0.6) is 0 Å². The van der Waals surface area contributed by atoms with Gasteiger partial charge in [-0.05, 0) is 32.4 Å². The molecule has 0 saturated carbocycles. The van der Waals surface area contributed by atoms with E-state index in [2.05, 4.69) is 30.2 Å². The Hall–Kier alpha value is -3.28. The number of rotatable bonds is 3. The molecule has 10 nitrogen and oxygen atoms in total. The maximum atomic E-state index is 13.5. The number of aromatic nitrogens is 4. The minimum absolute atomic E-state index is 0.0223. The monoisotopic (exact) mass is 471 g/mol. The smallest absolute Gasteiger partial charge is 0.322 e. The molecule has 2 saturated heterocycles. The number of amides is 2. The van der Waals surface area contributed by atoms with Crippen LogP contribution < -0.4 is 20.9 Å². The number of thiazole rings is 1. The Morgan fingerprint density at radius 1 is 1.21 bits per heavy atom. The molecule has 5 heterocycles. The van der Waals surface area contributed by atoms with Crippen LogP contribution in [0.25, 0.3) is 10.3 Å². The van der Waals surface area contributed by atoms with Gasteiger partial charge in [0.05, 0.1) is 23.4 Å². The number of carbonyl (C=O) groups excluding carboxylic acids is 1. The zero-order valence-corrected chi connectivity index (χ0v) is 19.3. The van der Waals surface area contributed by atoms with Crippen molar-refractivity contribution in [1.29, 1.82) is 0 Å². The van der Waals surface area contributed by atoms with Crippen LogP contribution in [0.3, 0.4) is 0 Å². The van der Waals surface area contributed by atoms with Gasteiger partial charge in [0.25, 0.3) is 0 Å². The first-order chi connectivity index (χ1) is 15.9. The SMILES string of the molecule is Cc1nc(N2CCC(F)C2)ccc1NC(=O)N1CCN(c2nc(N)nc3scnc23)[C@@H](C)C1. The summed E-state index contributed by atoms with van der Waals surface area (Å²) in [6, 6.07) is 3.52. The molecule has 0 aromatic carbocycles. The number of nitrogen functional groups attached to an aromatic ring is 1.